The Morgan fingerprint density at radius 3 is 2.91 bits per heavy atom. The molecule has 12 heteroatoms. The van der Waals surface area contributed by atoms with Crippen LogP contribution in [0.1, 0.15) is 5.56 Å². The minimum Gasteiger partial charge on any atom is -0.493 e. The van der Waals surface area contributed by atoms with Gasteiger partial charge in [0.15, 0.2) is 11.3 Å². The maximum Gasteiger partial charge on any atom is 0.396 e. The van der Waals surface area contributed by atoms with Gasteiger partial charge < -0.3 is 15.0 Å². The summed E-state index contributed by atoms with van der Waals surface area (Å²) in [4.78, 5) is 10.9. The minimum atomic E-state index is -0.383. The van der Waals surface area contributed by atoms with Gasteiger partial charge in [-0.1, -0.05) is 11.3 Å². The zero-order chi connectivity index (χ0) is 14.8. The summed E-state index contributed by atoms with van der Waals surface area (Å²) >= 11 is 0.999. The molecule has 0 atom stereocenters. The van der Waals surface area contributed by atoms with Crippen molar-refractivity contribution in [2.45, 2.75) is 0 Å². The number of nitrogen functional groups attached to an aromatic ring is 1. The molecule has 0 aliphatic heterocycles. The van der Waals surface area contributed by atoms with Gasteiger partial charge in [0.25, 0.3) is 5.95 Å². The molecule has 23 heavy (non-hydrogen) atoms. The molecule has 1 aromatic carbocycles. The smallest absolute Gasteiger partial charge is 0.396 e. The summed E-state index contributed by atoms with van der Waals surface area (Å²) in [6, 6.07) is 3.47. The molecular formula is C11H12Cl2N6O3S. The van der Waals surface area contributed by atoms with E-state index in [2.05, 4.69) is 20.7 Å². The normalized spacial score (nSPS) is 10.3. The molecule has 2 aromatic heterocycles. The van der Waals surface area contributed by atoms with Crippen molar-refractivity contribution in [1.82, 2.24) is 14.9 Å². The SMILES string of the molecule is COc1cc(/C=N\Nc2nncn2N)cc2sc(=O)oc12.Cl.Cl. The van der Waals surface area contributed by atoms with E-state index in [4.69, 9.17) is 15.0 Å². The van der Waals surface area contributed by atoms with Crippen LogP contribution in [0.25, 0.3) is 10.3 Å². The molecule has 2 heterocycles. The molecular weight excluding hydrogens is 367 g/mol. The second-order valence-electron chi connectivity index (χ2n) is 3.94. The first kappa shape index (κ1) is 18.7. The van der Waals surface area contributed by atoms with E-state index in [1.807, 2.05) is 0 Å². The van der Waals surface area contributed by atoms with Crippen molar-refractivity contribution in [1.29, 1.82) is 0 Å². The van der Waals surface area contributed by atoms with Gasteiger partial charge in [0.2, 0.25) is 0 Å². The second kappa shape index (κ2) is 7.81. The molecule has 0 saturated heterocycles. The van der Waals surface area contributed by atoms with Crippen LogP contribution in [0.4, 0.5) is 5.95 Å². The zero-order valence-electron chi connectivity index (χ0n) is 11.6. The van der Waals surface area contributed by atoms with Crippen LogP contribution in [0.2, 0.25) is 0 Å². The highest BCUT2D eigenvalue weighted by Gasteiger charge is 2.10. The molecule has 0 saturated carbocycles. The number of halogens is 2. The van der Waals surface area contributed by atoms with E-state index in [0.29, 0.717) is 22.0 Å². The van der Waals surface area contributed by atoms with Crippen LogP contribution < -0.4 is 20.9 Å². The van der Waals surface area contributed by atoms with Crippen molar-refractivity contribution < 1.29 is 9.15 Å². The van der Waals surface area contributed by atoms with Crippen LogP contribution in [-0.2, 0) is 0 Å². The zero-order valence-corrected chi connectivity index (χ0v) is 14.1. The summed E-state index contributed by atoms with van der Waals surface area (Å²) in [6.45, 7) is 0. The number of nitrogens with zero attached hydrogens (tertiary/aromatic N) is 4. The Kier molecular flexibility index (Phi) is 6.37. The third-order valence-electron chi connectivity index (χ3n) is 2.59. The van der Waals surface area contributed by atoms with Crippen LogP contribution in [0, 0.1) is 0 Å². The number of benzene rings is 1. The number of hydrazone groups is 1. The molecule has 3 N–H and O–H groups in total. The van der Waals surface area contributed by atoms with E-state index in [1.54, 1.807) is 18.3 Å². The Bertz CT molecular complexity index is 874. The van der Waals surface area contributed by atoms with Gasteiger partial charge in [-0.25, -0.2) is 14.9 Å². The van der Waals surface area contributed by atoms with E-state index >= 15 is 0 Å². The van der Waals surface area contributed by atoms with Gasteiger partial charge in [-0.05, 0) is 17.7 Å². The minimum absolute atomic E-state index is 0. The highest BCUT2D eigenvalue weighted by atomic mass is 35.5. The van der Waals surface area contributed by atoms with Crippen molar-refractivity contribution in [2.24, 2.45) is 5.10 Å². The molecule has 0 unspecified atom stereocenters. The van der Waals surface area contributed by atoms with E-state index in [1.165, 1.54) is 18.1 Å². The van der Waals surface area contributed by atoms with Gasteiger partial charge >= 0.3 is 4.94 Å². The highest BCUT2D eigenvalue weighted by molar-refractivity contribution is 7.16. The van der Waals surface area contributed by atoms with Crippen LogP contribution in [-0.4, -0.2) is 28.2 Å². The number of rotatable bonds is 4. The molecule has 0 spiro atoms. The predicted molar refractivity (Wildman–Crippen MR) is 92.8 cm³/mol. The Balaban J connectivity index is 0.00000132. The lowest BCUT2D eigenvalue weighted by molar-refractivity contribution is 0.408. The fourth-order valence-corrected chi connectivity index (χ4v) is 2.42. The number of aromatic nitrogens is 3. The fraction of sp³-hybridized carbons (Fsp3) is 0.0909. The van der Waals surface area contributed by atoms with Gasteiger partial charge in [0.05, 0.1) is 18.0 Å². The predicted octanol–water partition coefficient (Wildman–Crippen LogP) is 1.46. The monoisotopic (exact) mass is 378 g/mol. The Labute approximate surface area is 145 Å². The summed E-state index contributed by atoms with van der Waals surface area (Å²) in [6.07, 6.45) is 2.89. The lowest BCUT2D eigenvalue weighted by Crippen LogP contribution is -2.10. The number of methoxy groups -OCH3 is 1. The van der Waals surface area contributed by atoms with E-state index in [-0.39, 0.29) is 29.8 Å². The number of fused-ring (bicyclic) bond motifs is 1. The number of nitrogens with two attached hydrogens (primary N) is 1. The van der Waals surface area contributed by atoms with Crippen molar-refractivity contribution >= 4 is 58.6 Å². The van der Waals surface area contributed by atoms with Crippen LogP contribution in [0.3, 0.4) is 0 Å². The van der Waals surface area contributed by atoms with Gasteiger partial charge in [0.1, 0.15) is 6.33 Å². The quantitative estimate of drug-likeness (QED) is 0.400. The Morgan fingerprint density at radius 1 is 1.48 bits per heavy atom. The van der Waals surface area contributed by atoms with E-state index in [9.17, 15) is 4.79 Å². The number of hydrogen-bond donors (Lipinski definition) is 2. The topological polar surface area (TPSA) is 121 Å². The van der Waals surface area contributed by atoms with Crippen LogP contribution in [0.15, 0.2) is 32.8 Å². The Hall–Kier alpha value is -2.30. The van der Waals surface area contributed by atoms with E-state index < -0.39 is 0 Å². The number of ether oxygens (including phenoxy) is 1. The third kappa shape index (κ3) is 3.92. The molecule has 3 rings (SSSR count). The highest BCUT2D eigenvalue weighted by Crippen LogP contribution is 2.28. The largest absolute Gasteiger partial charge is 0.493 e. The lowest BCUT2D eigenvalue weighted by Gasteiger charge is -2.02. The van der Waals surface area contributed by atoms with Crippen molar-refractivity contribution in [3.63, 3.8) is 0 Å². The summed E-state index contributed by atoms with van der Waals surface area (Å²) in [7, 11) is 1.50. The fourth-order valence-electron chi connectivity index (χ4n) is 1.68. The van der Waals surface area contributed by atoms with Gasteiger partial charge in [-0.2, -0.15) is 5.10 Å². The van der Waals surface area contributed by atoms with Crippen molar-refractivity contribution in [3.05, 3.63) is 33.8 Å². The molecule has 0 aliphatic rings. The summed E-state index contributed by atoms with van der Waals surface area (Å²) in [5.74, 6) is 6.30. The van der Waals surface area contributed by atoms with Crippen molar-refractivity contribution in [2.75, 3.05) is 18.4 Å². The summed E-state index contributed by atoms with van der Waals surface area (Å²) < 4.78 is 12.1. The van der Waals surface area contributed by atoms with E-state index in [0.717, 1.165) is 16.9 Å². The third-order valence-corrected chi connectivity index (χ3v) is 3.37. The number of hydrogen-bond acceptors (Lipinski definition) is 9. The Morgan fingerprint density at radius 2 is 2.26 bits per heavy atom. The first-order chi connectivity index (χ1) is 10.2. The summed E-state index contributed by atoms with van der Waals surface area (Å²) in [5.41, 5.74) is 3.80. The molecule has 9 nitrogen and oxygen atoms in total. The molecule has 124 valence electrons. The van der Waals surface area contributed by atoms with Gasteiger partial charge in [0, 0.05) is 0 Å². The number of nitrogens with one attached hydrogen (secondary N) is 1. The average molecular weight is 379 g/mol. The first-order valence-corrected chi connectivity index (χ1v) is 6.55. The molecule has 0 aliphatic carbocycles. The lowest BCUT2D eigenvalue weighted by atomic mass is 10.2. The maximum absolute atomic E-state index is 11.3. The molecule has 0 fully saturated rings. The standard InChI is InChI=1S/C11H10N6O3S.2ClH/c1-19-7-2-6(3-8-9(7)20-11(18)21-8)4-13-15-10-16-14-5-17(10)12;;/h2-5H,12H2,1H3,(H,15,16);2*1H/b13-4-;;. The van der Waals surface area contributed by atoms with Crippen molar-refractivity contribution in [3.8, 4) is 5.75 Å². The maximum atomic E-state index is 11.3. The van der Waals surface area contributed by atoms with Gasteiger partial charge in [-0.15, -0.1) is 35.0 Å². The molecule has 0 amide bonds. The first-order valence-electron chi connectivity index (χ1n) is 5.73. The molecule has 0 bridgehead atoms. The molecule has 0 radical (unpaired) electrons. The molecule has 3 aromatic rings. The van der Waals surface area contributed by atoms with Gasteiger partial charge in [-0.3, -0.25) is 0 Å². The van der Waals surface area contributed by atoms with Crippen LogP contribution >= 0.6 is 36.2 Å². The average Bonchev–Trinajstić information content (AvgIpc) is 3.03. The second-order valence-corrected chi connectivity index (χ2v) is 4.91. The van der Waals surface area contributed by atoms with Crippen LogP contribution in [0.5, 0.6) is 5.75 Å². The summed E-state index contributed by atoms with van der Waals surface area (Å²) in [5, 5.41) is 11.3. The number of anilines is 1.